The molecule has 0 radical (unpaired) electrons. The zero-order chi connectivity index (χ0) is 20.6. The van der Waals surface area contributed by atoms with Crippen molar-refractivity contribution in [2.75, 3.05) is 38.2 Å². The molecular formula is C22H25N3O4. The molecule has 1 aliphatic rings. The second-order valence-corrected chi connectivity index (χ2v) is 6.76. The highest BCUT2D eigenvalue weighted by Crippen LogP contribution is 2.23. The Labute approximate surface area is 170 Å². The van der Waals surface area contributed by atoms with Crippen molar-refractivity contribution in [1.29, 1.82) is 0 Å². The van der Waals surface area contributed by atoms with Crippen LogP contribution in [-0.4, -0.2) is 55.2 Å². The lowest BCUT2D eigenvalue weighted by Gasteiger charge is -2.37. The van der Waals surface area contributed by atoms with Crippen molar-refractivity contribution in [3.8, 4) is 5.75 Å². The molecule has 0 unspecified atom stereocenters. The molecule has 7 heteroatoms. The molecule has 2 amide bonds. The highest BCUT2D eigenvalue weighted by molar-refractivity contribution is 5.92. The molecule has 1 aliphatic heterocycles. The predicted octanol–water partition coefficient (Wildman–Crippen LogP) is 2.11. The Morgan fingerprint density at radius 3 is 2.41 bits per heavy atom. The van der Waals surface area contributed by atoms with E-state index in [2.05, 4.69) is 4.90 Å². The van der Waals surface area contributed by atoms with Crippen LogP contribution in [0.15, 0.2) is 54.6 Å². The van der Waals surface area contributed by atoms with Gasteiger partial charge in [0, 0.05) is 37.9 Å². The Bertz CT molecular complexity index is 872. The van der Waals surface area contributed by atoms with Crippen molar-refractivity contribution >= 4 is 23.6 Å². The number of amides is 2. The van der Waals surface area contributed by atoms with Gasteiger partial charge in [0.1, 0.15) is 5.75 Å². The van der Waals surface area contributed by atoms with Crippen LogP contribution < -0.4 is 15.1 Å². The van der Waals surface area contributed by atoms with Crippen molar-refractivity contribution in [2.24, 2.45) is 0 Å². The van der Waals surface area contributed by atoms with E-state index in [1.54, 1.807) is 18.7 Å². The predicted molar refractivity (Wildman–Crippen MR) is 111 cm³/mol. The van der Waals surface area contributed by atoms with Crippen LogP contribution in [0.4, 0.5) is 5.69 Å². The highest BCUT2D eigenvalue weighted by atomic mass is 16.5. The minimum atomic E-state index is -0.575. The number of carbonyl (C=O) groups is 2. The van der Waals surface area contributed by atoms with Gasteiger partial charge in [-0.3, -0.25) is 14.8 Å². The summed E-state index contributed by atoms with van der Waals surface area (Å²) in [6.07, 6.45) is 3.33. The normalized spacial score (nSPS) is 14.1. The Kier molecular flexibility index (Phi) is 6.86. The van der Waals surface area contributed by atoms with Gasteiger partial charge in [-0.25, -0.2) is 5.48 Å². The number of rotatable bonds is 6. The van der Waals surface area contributed by atoms with Crippen LogP contribution in [0.1, 0.15) is 11.1 Å². The number of anilines is 1. The minimum Gasteiger partial charge on any atom is -0.497 e. The Morgan fingerprint density at radius 2 is 1.76 bits per heavy atom. The summed E-state index contributed by atoms with van der Waals surface area (Å²) in [6.45, 7) is 2.71. The van der Waals surface area contributed by atoms with Crippen LogP contribution >= 0.6 is 0 Å². The summed E-state index contributed by atoms with van der Waals surface area (Å²) in [5.41, 5.74) is 4.44. The molecule has 2 aromatic rings. The average molecular weight is 395 g/mol. The Morgan fingerprint density at radius 1 is 1.07 bits per heavy atom. The molecule has 3 rings (SSSR count). The summed E-state index contributed by atoms with van der Waals surface area (Å²) in [4.78, 5) is 28.0. The molecular weight excluding hydrogens is 370 g/mol. The number of nitrogens with one attached hydrogen (secondary N) is 1. The summed E-state index contributed by atoms with van der Waals surface area (Å²) in [7, 11) is 1.62. The molecule has 152 valence electrons. The van der Waals surface area contributed by atoms with E-state index in [4.69, 9.17) is 9.94 Å². The number of benzene rings is 2. The van der Waals surface area contributed by atoms with Gasteiger partial charge in [0.2, 0.25) is 5.91 Å². The molecule has 0 saturated carbocycles. The third kappa shape index (κ3) is 5.36. The fourth-order valence-corrected chi connectivity index (χ4v) is 3.35. The number of para-hydroxylation sites is 1. The number of methoxy groups -OCH3 is 1. The van der Waals surface area contributed by atoms with Gasteiger partial charge in [-0.05, 0) is 35.4 Å². The standard InChI is InChI=1S/C22H25N3O4/c1-29-19-9-6-17(7-10-19)16-22(27)25-14-12-24(13-15-25)20-5-3-2-4-18(20)8-11-21(26)23-28/h2-11,28H,12-16H2,1H3,(H,23,26)/b11-8+. The van der Waals surface area contributed by atoms with Crippen LogP contribution in [0.2, 0.25) is 0 Å². The molecule has 1 heterocycles. The summed E-state index contributed by atoms with van der Waals surface area (Å²) in [5.74, 6) is 0.315. The van der Waals surface area contributed by atoms with Crippen molar-refractivity contribution in [3.05, 3.63) is 65.7 Å². The zero-order valence-electron chi connectivity index (χ0n) is 16.4. The molecule has 0 aliphatic carbocycles. The third-order valence-corrected chi connectivity index (χ3v) is 4.95. The van der Waals surface area contributed by atoms with E-state index < -0.39 is 5.91 Å². The SMILES string of the molecule is COc1ccc(CC(=O)N2CCN(c3ccccc3/C=C/C(=O)NO)CC2)cc1. The second-order valence-electron chi connectivity index (χ2n) is 6.76. The Balaban J connectivity index is 1.59. The van der Waals surface area contributed by atoms with Gasteiger partial charge in [0.15, 0.2) is 0 Å². The van der Waals surface area contributed by atoms with Crippen molar-refractivity contribution in [1.82, 2.24) is 10.4 Å². The van der Waals surface area contributed by atoms with E-state index in [1.807, 2.05) is 53.4 Å². The summed E-state index contributed by atoms with van der Waals surface area (Å²) < 4.78 is 5.15. The number of hydroxylamine groups is 1. The Hall–Kier alpha value is -3.32. The maximum Gasteiger partial charge on any atom is 0.267 e. The first-order valence-corrected chi connectivity index (χ1v) is 9.47. The highest BCUT2D eigenvalue weighted by Gasteiger charge is 2.22. The van der Waals surface area contributed by atoms with E-state index >= 15 is 0 Å². The summed E-state index contributed by atoms with van der Waals surface area (Å²) in [6, 6.07) is 15.3. The van der Waals surface area contributed by atoms with Crippen molar-refractivity contribution < 1.29 is 19.5 Å². The van der Waals surface area contributed by atoms with Crippen LogP contribution in [0.3, 0.4) is 0 Å². The molecule has 0 aromatic heterocycles. The van der Waals surface area contributed by atoms with Crippen LogP contribution in [0.25, 0.3) is 6.08 Å². The first-order valence-electron chi connectivity index (χ1n) is 9.47. The molecule has 2 aromatic carbocycles. The third-order valence-electron chi connectivity index (χ3n) is 4.95. The molecule has 7 nitrogen and oxygen atoms in total. The van der Waals surface area contributed by atoms with Gasteiger partial charge in [-0.1, -0.05) is 30.3 Å². The molecule has 0 bridgehead atoms. The van der Waals surface area contributed by atoms with Crippen LogP contribution in [-0.2, 0) is 16.0 Å². The molecule has 0 spiro atoms. The van der Waals surface area contributed by atoms with Crippen LogP contribution in [0.5, 0.6) is 5.75 Å². The van der Waals surface area contributed by atoms with Crippen molar-refractivity contribution in [3.63, 3.8) is 0 Å². The maximum atomic E-state index is 12.6. The van der Waals surface area contributed by atoms with Gasteiger partial charge in [-0.2, -0.15) is 0 Å². The topological polar surface area (TPSA) is 82.1 Å². The number of ether oxygens (including phenoxy) is 1. The summed E-state index contributed by atoms with van der Waals surface area (Å²) >= 11 is 0. The lowest BCUT2D eigenvalue weighted by Crippen LogP contribution is -2.49. The van der Waals surface area contributed by atoms with Gasteiger partial charge in [0.05, 0.1) is 13.5 Å². The maximum absolute atomic E-state index is 12.6. The zero-order valence-corrected chi connectivity index (χ0v) is 16.4. The number of nitrogens with zero attached hydrogens (tertiary/aromatic N) is 2. The fourth-order valence-electron chi connectivity index (χ4n) is 3.35. The minimum absolute atomic E-state index is 0.114. The fraction of sp³-hybridized carbons (Fsp3) is 0.273. The summed E-state index contributed by atoms with van der Waals surface area (Å²) in [5, 5.41) is 8.64. The number of hydrogen-bond donors (Lipinski definition) is 2. The van der Waals surface area contributed by atoms with Crippen LogP contribution in [0, 0.1) is 0 Å². The monoisotopic (exact) mass is 395 g/mol. The largest absolute Gasteiger partial charge is 0.497 e. The van der Waals surface area contributed by atoms with E-state index in [1.165, 1.54) is 6.08 Å². The van der Waals surface area contributed by atoms with E-state index in [0.29, 0.717) is 32.6 Å². The molecule has 1 fully saturated rings. The molecule has 29 heavy (non-hydrogen) atoms. The number of hydrogen-bond acceptors (Lipinski definition) is 5. The first kappa shape index (κ1) is 20.4. The average Bonchev–Trinajstić information content (AvgIpc) is 2.78. The van der Waals surface area contributed by atoms with Gasteiger partial charge < -0.3 is 14.5 Å². The number of carbonyl (C=O) groups excluding carboxylic acids is 2. The smallest absolute Gasteiger partial charge is 0.267 e. The first-order chi connectivity index (χ1) is 14.1. The molecule has 0 atom stereocenters. The van der Waals surface area contributed by atoms with Gasteiger partial charge >= 0.3 is 0 Å². The quantitative estimate of drug-likeness (QED) is 0.445. The van der Waals surface area contributed by atoms with Crippen molar-refractivity contribution in [2.45, 2.75) is 6.42 Å². The number of piperazine rings is 1. The lowest BCUT2D eigenvalue weighted by molar-refractivity contribution is -0.130. The molecule has 2 N–H and O–H groups in total. The molecule has 1 saturated heterocycles. The van der Waals surface area contributed by atoms with Gasteiger partial charge in [0.25, 0.3) is 5.91 Å². The second kappa shape index (κ2) is 9.75. The van der Waals surface area contributed by atoms with E-state index in [0.717, 1.165) is 22.6 Å². The van der Waals surface area contributed by atoms with E-state index in [9.17, 15) is 9.59 Å². The van der Waals surface area contributed by atoms with E-state index in [-0.39, 0.29) is 5.91 Å². The van der Waals surface area contributed by atoms with Gasteiger partial charge in [-0.15, -0.1) is 0 Å². The lowest BCUT2D eigenvalue weighted by atomic mass is 10.1.